The van der Waals surface area contributed by atoms with Crippen molar-refractivity contribution < 1.29 is 14.3 Å². The smallest absolute Gasteiger partial charge is 0.305 e. The second-order valence-corrected chi connectivity index (χ2v) is 5.41. The number of carbonyl (C=O) groups excluding carboxylic acids is 1. The Morgan fingerprint density at radius 2 is 2.00 bits per heavy atom. The van der Waals surface area contributed by atoms with Crippen LogP contribution in [0.5, 0.6) is 5.75 Å². The monoisotopic (exact) mass is 276 g/mol. The van der Waals surface area contributed by atoms with Gasteiger partial charge in [0.05, 0.1) is 13.7 Å². The van der Waals surface area contributed by atoms with Crippen molar-refractivity contribution in [3.8, 4) is 5.75 Å². The molecule has 3 heteroatoms. The summed E-state index contributed by atoms with van der Waals surface area (Å²) >= 11 is 0. The lowest BCUT2D eigenvalue weighted by Crippen LogP contribution is -2.11. The molecule has 1 fully saturated rings. The van der Waals surface area contributed by atoms with Crippen LogP contribution in [0.15, 0.2) is 24.3 Å². The maximum Gasteiger partial charge on any atom is 0.305 e. The molecule has 0 aromatic heterocycles. The molecule has 0 radical (unpaired) electrons. The molecule has 0 spiro atoms. The number of rotatable bonds is 6. The second kappa shape index (κ2) is 7.32. The van der Waals surface area contributed by atoms with E-state index in [0.717, 1.165) is 12.2 Å². The van der Waals surface area contributed by atoms with Gasteiger partial charge in [-0.1, -0.05) is 18.6 Å². The average molecular weight is 276 g/mol. The summed E-state index contributed by atoms with van der Waals surface area (Å²) in [5.41, 5.74) is 1.37. The highest BCUT2D eigenvalue weighted by atomic mass is 16.5. The van der Waals surface area contributed by atoms with E-state index < -0.39 is 0 Å². The van der Waals surface area contributed by atoms with Crippen LogP contribution in [0.4, 0.5) is 0 Å². The van der Waals surface area contributed by atoms with Gasteiger partial charge in [-0.2, -0.15) is 0 Å². The summed E-state index contributed by atoms with van der Waals surface area (Å²) in [6, 6.07) is 8.37. The highest BCUT2D eigenvalue weighted by Gasteiger charge is 2.28. The van der Waals surface area contributed by atoms with Gasteiger partial charge in [-0.15, -0.1) is 0 Å². The fourth-order valence-electron chi connectivity index (χ4n) is 3.21. The predicted molar refractivity (Wildman–Crippen MR) is 78.9 cm³/mol. The molecular weight excluding hydrogens is 252 g/mol. The molecule has 0 amide bonds. The van der Waals surface area contributed by atoms with Crippen LogP contribution in [-0.4, -0.2) is 19.7 Å². The Balaban J connectivity index is 1.94. The van der Waals surface area contributed by atoms with E-state index in [2.05, 4.69) is 12.1 Å². The van der Waals surface area contributed by atoms with Crippen molar-refractivity contribution in [2.24, 2.45) is 5.92 Å². The van der Waals surface area contributed by atoms with Crippen molar-refractivity contribution in [1.29, 1.82) is 0 Å². The molecular formula is C17H24O3. The first-order valence-electron chi connectivity index (χ1n) is 7.54. The van der Waals surface area contributed by atoms with Crippen molar-refractivity contribution in [2.45, 2.75) is 44.9 Å². The third kappa shape index (κ3) is 3.75. The Labute approximate surface area is 121 Å². The Morgan fingerprint density at radius 1 is 1.25 bits per heavy atom. The van der Waals surface area contributed by atoms with Gasteiger partial charge < -0.3 is 9.47 Å². The molecule has 1 aromatic rings. The zero-order valence-corrected chi connectivity index (χ0v) is 12.4. The van der Waals surface area contributed by atoms with E-state index in [1.807, 2.05) is 19.1 Å². The fourth-order valence-corrected chi connectivity index (χ4v) is 3.21. The number of ether oxygens (including phenoxy) is 2. The number of carbonyl (C=O) groups is 1. The Bertz CT molecular complexity index is 424. The Morgan fingerprint density at radius 3 is 2.65 bits per heavy atom. The van der Waals surface area contributed by atoms with Crippen molar-refractivity contribution in [3.05, 3.63) is 29.8 Å². The summed E-state index contributed by atoms with van der Waals surface area (Å²) in [7, 11) is 1.69. The van der Waals surface area contributed by atoms with E-state index in [1.165, 1.54) is 24.8 Å². The van der Waals surface area contributed by atoms with Crippen LogP contribution in [0.2, 0.25) is 0 Å². The summed E-state index contributed by atoms with van der Waals surface area (Å²) in [5, 5.41) is 0. The van der Waals surface area contributed by atoms with E-state index in [0.29, 0.717) is 24.9 Å². The predicted octanol–water partition coefficient (Wildman–Crippen LogP) is 3.92. The van der Waals surface area contributed by atoms with Crippen LogP contribution in [0.1, 0.15) is 50.5 Å². The molecule has 0 saturated heterocycles. The van der Waals surface area contributed by atoms with Crippen LogP contribution in [0.3, 0.4) is 0 Å². The lowest BCUT2D eigenvalue weighted by Gasteiger charge is -2.20. The third-order valence-electron chi connectivity index (χ3n) is 4.23. The van der Waals surface area contributed by atoms with Crippen LogP contribution in [-0.2, 0) is 9.53 Å². The highest BCUT2D eigenvalue weighted by Crippen LogP contribution is 2.42. The average Bonchev–Trinajstić information content (AvgIpc) is 2.94. The van der Waals surface area contributed by atoms with E-state index in [-0.39, 0.29) is 5.97 Å². The largest absolute Gasteiger partial charge is 0.497 e. The second-order valence-electron chi connectivity index (χ2n) is 5.41. The fraction of sp³-hybridized carbons (Fsp3) is 0.588. The lowest BCUT2D eigenvalue weighted by molar-refractivity contribution is -0.143. The molecule has 1 aromatic carbocycles. The van der Waals surface area contributed by atoms with E-state index in [9.17, 15) is 4.79 Å². The van der Waals surface area contributed by atoms with Crippen molar-refractivity contribution in [1.82, 2.24) is 0 Å². The molecule has 0 aliphatic heterocycles. The topological polar surface area (TPSA) is 35.5 Å². The van der Waals surface area contributed by atoms with E-state index >= 15 is 0 Å². The zero-order chi connectivity index (χ0) is 14.4. The molecule has 2 atom stereocenters. The maximum atomic E-state index is 11.5. The van der Waals surface area contributed by atoms with Crippen molar-refractivity contribution in [3.63, 3.8) is 0 Å². The zero-order valence-electron chi connectivity index (χ0n) is 12.4. The standard InChI is InChI=1S/C17H24O3/c1-3-20-17(18)12-9-13-5-4-6-16(13)14-7-10-15(19-2)11-8-14/h7-8,10-11,13,16H,3-6,9,12H2,1-2H3. The molecule has 2 unspecified atom stereocenters. The molecule has 20 heavy (non-hydrogen) atoms. The summed E-state index contributed by atoms with van der Waals surface area (Å²) in [6.07, 6.45) is 5.18. The first-order chi connectivity index (χ1) is 9.74. The molecule has 1 aliphatic carbocycles. The molecule has 110 valence electrons. The first-order valence-corrected chi connectivity index (χ1v) is 7.54. The minimum Gasteiger partial charge on any atom is -0.497 e. The highest BCUT2D eigenvalue weighted by molar-refractivity contribution is 5.69. The third-order valence-corrected chi connectivity index (χ3v) is 4.23. The number of methoxy groups -OCH3 is 1. The SMILES string of the molecule is CCOC(=O)CCC1CCCC1c1ccc(OC)cc1. The summed E-state index contributed by atoms with van der Waals surface area (Å²) in [6.45, 7) is 2.33. The van der Waals surface area contributed by atoms with E-state index in [4.69, 9.17) is 9.47 Å². The number of esters is 1. The van der Waals surface area contributed by atoms with Gasteiger partial charge in [0.1, 0.15) is 5.75 Å². The molecule has 1 saturated carbocycles. The van der Waals surface area contributed by atoms with Gasteiger partial charge in [-0.25, -0.2) is 0 Å². The number of benzene rings is 1. The van der Waals surface area contributed by atoms with E-state index in [1.54, 1.807) is 7.11 Å². The molecule has 2 rings (SSSR count). The molecule has 3 nitrogen and oxygen atoms in total. The number of hydrogen-bond donors (Lipinski definition) is 0. The molecule has 0 heterocycles. The van der Waals surface area contributed by atoms with Gasteiger partial charge in [0, 0.05) is 6.42 Å². The van der Waals surface area contributed by atoms with Crippen LogP contribution >= 0.6 is 0 Å². The minimum absolute atomic E-state index is 0.0621. The maximum absolute atomic E-state index is 11.5. The normalized spacial score (nSPS) is 21.7. The first kappa shape index (κ1) is 14.9. The Hall–Kier alpha value is -1.51. The van der Waals surface area contributed by atoms with Gasteiger partial charge >= 0.3 is 5.97 Å². The van der Waals surface area contributed by atoms with Crippen LogP contribution in [0.25, 0.3) is 0 Å². The quantitative estimate of drug-likeness (QED) is 0.739. The number of hydrogen-bond acceptors (Lipinski definition) is 3. The van der Waals surface area contributed by atoms with Gasteiger partial charge in [0.25, 0.3) is 0 Å². The van der Waals surface area contributed by atoms with Gasteiger partial charge in [0.15, 0.2) is 0 Å². The lowest BCUT2D eigenvalue weighted by atomic mass is 9.86. The van der Waals surface area contributed by atoms with Crippen molar-refractivity contribution >= 4 is 5.97 Å². The molecule has 0 N–H and O–H groups in total. The van der Waals surface area contributed by atoms with Crippen LogP contribution < -0.4 is 4.74 Å². The minimum atomic E-state index is -0.0621. The molecule has 1 aliphatic rings. The summed E-state index contributed by atoms with van der Waals surface area (Å²) in [4.78, 5) is 11.5. The van der Waals surface area contributed by atoms with Crippen LogP contribution in [0, 0.1) is 5.92 Å². The van der Waals surface area contributed by atoms with Gasteiger partial charge in [-0.05, 0) is 55.7 Å². The molecule has 0 bridgehead atoms. The Kier molecular flexibility index (Phi) is 5.45. The van der Waals surface area contributed by atoms with Gasteiger partial charge in [-0.3, -0.25) is 4.79 Å². The van der Waals surface area contributed by atoms with Crippen molar-refractivity contribution in [2.75, 3.05) is 13.7 Å². The summed E-state index contributed by atoms with van der Waals surface area (Å²) in [5.74, 6) is 2.02. The summed E-state index contributed by atoms with van der Waals surface area (Å²) < 4.78 is 10.2. The van der Waals surface area contributed by atoms with Gasteiger partial charge in [0.2, 0.25) is 0 Å².